The lowest BCUT2D eigenvalue weighted by Crippen LogP contribution is -2.12. The summed E-state index contributed by atoms with van der Waals surface area (Å²) in [6.45, 7) is 6.24. The average Bonchev–Trinajstić information content (AvgIpc) is 2.52. The van der Waals surface area contributed by atoms with Crippen LogP contribution in [-0.2, 0) is 16.0 Å². The Morgan fingerprint density at radius 3 is 2.53 bits per heavy atom. The number of methoxy groups -OCH3 is 1. The average molecular weight is 237 g/mol. The van der Waals surface area contributed by atoms with Gasteiger partial charge in [0.1, 0.15) is 11.9 Å². The monoisotopic (exact) mass is 237 g/mol. The van der Waals surface area contributed by atoms with Crippen molar-refractivity contribution < 1.29 is 9.47 Å². The fourth-order valence-corrected chi connectivity index (χ4v) is 1.72. The molecule has 0 aliphatic heterocycles. The Balaban J connectivity index is 2.63. The summed E-state index contributed by atoms with van der Waals surface area (Å²) in [4.78, 5) is 0. The van der Waals surface area contributed by atoms with E-state index >= 15 is 0 Å². The molecule has 2 N–H and O–H groups in total. The standard InChI is InChI=1S/C12H19N3O2/c1-9-10(2)15(12(14)11(9)8-13)4-5-17-7-6-16-3/h4-7,14H2,1-3H3. The van der Waals surface area contributed by atoms with Crippen molar-refractivity contribution in [1.82, 2.24) is 4.57 Å². The highest BCUT2D eigenvalue weighted by molar-refractivity contribution is 5.57. The zero-order valence-electron chi connectivity index (χ0n) is 10.6. The van der Waals surface area contributed by atoms with Crippen molar-refractivity contribution in [3.63, 3.8) is 0 Å². The van der Waals surface area contributed by atoms with Gasteiger partial charge >= 0.3 is 0 Å². The number of rotatable bonds is 6. The normalized spacial score (nSPS) is 10.5. The molecule has 0 radical (unpaired) electrons. The predicted molar refractivity (Wildman–Crippen MR) is 65.7 cm³/mol. The van der Waals surface area contributed by atoms with Gasteiger partial charge in [-0.25, -0.2) is 0 Å². The molecule has 0 aromatic carbocycles. The number of ether oxygens (including phenoxy) is 2. The number of hydrogen-bond acceptors (Lipinski definition) is 4. The Morgan fingerprint density at radius 1 is 1.29 bits per heavy atom. The summed E-state index contributed by atoms with van der Waals surface area (Å²) in [5.41, 5.74) is 8.45. The van der Waals surface area contributed by atoms with Crippen molar-refractivity contribution in [1.29, 1.82) is 5.26 Å². The number of nitriles is 1. The molecule has 1 aromatic rings. The molecule has 0 spiro atoms. The Hall–Kier alpha value is -1.51. The first-order valence-electron chi connectivity index (χ1n) is 5.55. The van der Waals surface area contributed by atoms with Crippen LogP contribution in [0.1, 0.15) is 16.8 Å². The molecule has 1 heterocycles. The van der Waals surface area contributed by atoms with E-state index < -0.39 is 0 Å². The molecule has 94 valence electrons. The Bertz CT molecular complexity index is 418. The Kier molecular flexibility index (Phi) is 5.01. The molecule has 0 saturated carbocycles. The molecule has 5 heteroatoms. The number of nitrogens with two attached hydrogens (primary N) is 1. The quantitative estimate of drug-likeness (QED) is 0.755. The lowest BCUT2D eigenvalue weighted by molar-refractivity contribution is 0.0666. The van der Waals surface area contributed by atoms with Gasteiger partial charge in [-0.2, -0.15) is 5.26 Å². The topological polar surface area (TPSA) is 73.2 Å². The van der Waals surface area contributed by atoms with Gasteiger partial charge in [0.05, 0.1) is 25.4 Å². The first-order chi connectivity index (χ1) is 8.13. The number of nitrogen functional groups attached to an aromatic ring is 1. The molecule has 1 aromatic heterocycles. The first-order valence-corrected chi connectivity index (χ1v) is 5.55. The van der Waals surface area contributed by atoms with Crippen molar-refractivity contribution >= 4 is 5.82 Å². The van der Waals surface area contributed by atoms with Gasteiger partial charge in [0.25, 0.3) is 0 Å². The van der Waals surface area contributed by atoms with Gasteiger partial charge in [0, 0.05) is 19.3 Å². The van der Waals surface area contributed by atoms with Gasteiger partial charge in [0.2, 0.25) is 0 Å². The second-order valence-electron chi connectivity index (χ2n) is 3.84. The summed E-state index contributed by atoms with van der Waals surface area (Å²) < 4.78 is 12.2. The minimum absolute atomic E-state index is 0.526. The maximum absolute atomic E-state index is 8.99. The predicted octanol–water partition coefficient (Wildman–Crippen LogP) is 1.22. The highest BCUT2D eigenvalue weighted by Crippen LogP contribution is 2.22. The molecule has 0 bridgehead atoms. The molecule has 1 rings (SSSR count). The Labute approximate surface area is 102 Å². The summed E-state index contributed by atoms with van der Waals surface area (Å²) in [7, 11) is 1.64. The van der Waals surface area contributed by atoms with Crippen LogP contribution in [0.15, 0.2) is 0 Å². The van der Waals surface area contributed by atoms with Crippen LogP contribution < -0.4 is 5.73 Å². The second-order valence-corrected chi connectivity index (χ2v) is 3.84. The summed E-state index contributed by atoms with van der Waals surface area (Å²) in [5, 5.41) is 8.99. The fraction of sp³-hybridized carbons (Fsp3) is 0.583. The van der Waals surface area contributed by atoms with Crippen molar-refractivity contribution in [3.8, 4) is 6.07 Å². The molecular weight excluding hydrogens is 218 g/mol. The summed E-state index contributed by atoms with van der Waals surface area (Å²) in [6.07, 6.45) is 0. The van der Waals surface area contributed by atoms with Crippen LogP contribution >= 0.6 is 0 Å². The van der Waals surface area contributed by atoms with Crippen LogP contribution in [0.25, 0.3) is 0 Å². The van der Waals surface area contributed by atoms with Crippen molar-refractivity contribution in [2.45, 2.75) is 20.4 Å². The number of hydrogen-bond donors (Lipinski definition) is 1. The molecule has 0 saturated heterocycles. The zero-order chi connectivity index (χ0) is 12.8. The van der Waals surface area contributed by atoms with E-state index in [-0.39, 0.29) is 0 Å². The van der Waals surface area contributed by atoms with Gasteiger partial charge in [0.15, 0.2) is 0 Å². The molecule has 17 heavy (non-hydrogen) atoms. The van der Waals surface area contributed by atoms with Gasteiger partial charge in [-0.1, -0.05) is 0 Å². The van der Waals surface area contributed by atoms with Crippen LogP contribution in [0.4, 0.5) is 5.82 Å². The maximum atomic E-state index is 8.99. The van der Waals surface area contributed by atoms with Gasteiger partial charge in [-0.05, 0) is 19.4 Å². The smallest absolute Gasteiger partial charge is 0.122 e. The van der Waals surface area contributed by atoms with Gasteiger partial charge in [-0.15, -0.1) is 0 Å². The van der Waals surface area contributed by atoms with Crippen molar-refractivity contribution in [3.05, 3.63) is 16.8 Å². The summed E-state index contributed by atoms with van der Waals surface area (Å²) in [6, 6.07) is 2.13. The van der Waals surface area contributed by atoms with Gasteiger partial charge in [-0.3, -0.25) is 0 Å². The third kappa shape index (κ3) is 2.99. The zero-order valence-corrected chi connectivity index (χ0v) is 10.6. The molecule has 5 nitrogen and oxygen atoms in total. The van der Waals surface area contributed by atoms with E-state index in [0.29, 0.717) is 37.7 Å². The molecule has 0 amide bonds. The molecule has 0 aliphatic carbocycles. The second kappa shape index (κ2) is 6.28. The van der Waals surface area contributed by atoms with E-state index in [4.69, 9.17) is 20.5 Å². The lowest BCUT2D eigenvalue weighted by atomic mass is 10.2. The van der Waals surface area contributed by atoms with E-state index in [9.17, 15) is 0 Å². The van der Waals surface area contributed by atoms with E-state index in [1.165, 1.54) is 0 Å². The highest BCUT2D eigenvalue weighted by Gasteiger charge is 2.14. The first kappa shape index (κ1) is 13.6. The van der Waals surface area contributed by atoms with Gasteiger partial charge < -0.3 is 19.8 Å². The number of nitrogens with zero attached hydrogens (tertiary/aromatic N) is 2. The van der Waals surface area contributed by atoms with E-state index in [1.54, 1.807) is 7.11 Å². The van der Waals surface area contributed by atoms with E-state index in [0.717, 1.165) is 11.3 Å². The largest absolute Gasteiger partial charge is 0.384 e. The SMILES string of the molecule is COCCOCCn1c(C)c(C)c(C#N)c1N. The van der Waals surface area contributed by atoms with E-state index in [1.807, 2.05) is 18.4 Å². The summed E-state index contributed by atoms with van der Waals surface area (Å²) >= 11 is 0. The van der Waals surface area contributed by atoms with Crippen LogP contribution in [0.5, 0.6) is 0 Å². The molecular formula is C12H19N3O2. The minimum Gasteiger partial charge on any atom is -0.384 e. The van der Waals surface area contributed by atoms with Crippen molar-refractivity contribution in [2.75, 3.05) is 32.7 Å². The maximum Gasteiger partial charge on any atom is 0.122 e. The minimum atomic E-state index is 0.526. The van der Waals surface area contributed by atoms with Crippen LogP contribution in [-0.4, -0.2) is 31.5 Å². The third-order valence-corrected chi connectivity index (χ3v) is 2.87. The van der Waals surface area contributed by atoms with E-state index in [2.05, 4.69) is 6.07 Å². The third-order valence-electron chi connectivity index (χ3n) is 2.87. The fourth-order valence-electron chi connectivity index (χ4n) is 1.72. The Morgan fingerprint density at radius 2 is 2.00 bits per heavy atom. The lowest BCUT2D eigenvalue weighted by Gasteiger charge is -2.09. The molecule has 0 atom stereocenters. The summed E-state index contributed by atoms with van der Waals surface area (Å²) in [5.74, 6) is 0.526. The molecule has 0 unspecified atom stereocenters. The number of anilines is 1. The van der Waals surface area contributed by atoms with Crippen LogP contribution in [0.2, 0.25) is 0 Å². The molecule has 0 aliphatic rings. The van der Waals surface area contributed by atoms with Crippen molar-refractivity contribution in [2.24, 2.45) is 0 Å². The van der Waals surface area contributed by atoms with Crippen LogP contribution in [0.3, 0.4) is 0 Å². The highest BCUT2D eigenvalue weighted by atomic mass is 16.5. The van der Waals surface area contributed by atoms with Crippen LogP contribution in [0, 0.1) is 25.2 Å². The number of aromatic nitrogens is 1. The molecule has 0 fully saturated rings.